The first-order valence-corrected chi connectivity index (χ1v) is 11.0. The Morgan fingerprint density at radius 2 is 1.88 bits per heavy atom. The van der Waals surface area contributed by atoms with Crippen molar-refractivity contribution in [3.8, 4) is 0 Å². The van der Waals surface area contributed by atoms with Crippen LogP contribution in [0.1, 0.15) is 47.2 Å². The van der Waals surface area contributed by atoms with Crippen LogP contribution in [0.15, 0.2) is 36.5 Å². The van der Waals surface area contributed by atoms with Gasteiger partial charge in [0.05, 0.1) is 16.1 Å². The largest absolute Gasteiger partial charge is 0.416 e. The number of amides is 1. The van der Waals surface area contributed by atoms with Gasteiger partial charge >= 0.3 is 6.18 Å². The topological polar surface area (TPSA) is 57.3 Å². The number of benzene rings is 1. The first-order valence-electron chi connectivity index (χ1n) is 10.6. The van der Waals surface area contributed by atoms with Crippen molar-refractivity contribution >= 4 is 23.3 Å². The molecule has 0 unspecified atom stereocenters. The van der Waals surface area contributed by atoms with E-state index in [-0.39, 0.29) is 16.6 Å². The lowest BCUT2D eigenvalue weighted by molar-refractivity contribution is -0.137. The predicted octanol–water partition coefficient (Wildman–Crippen LogP) is 5.22. The van der Waals surface area contributed by atoms with Crippen LogP contribution in [-0.2, 0) is 12.7 Å². The van der Waals surface area contributed by atoms with Crippen molar-refractivity contribution in [3.05, 3.63) is 58.2 Å². The standard InChI is InChI=1S/C23H28ClF3N4O/c1-31(2)14-16-5-10-21(29-13-16)28-12-15-3-7-18(8-4-15)30-22(32)19-11-17(23(25,26)27)6-9-20(19)24/h5-6,9-11,13,15,18H,3-4,7-8,12,14H2,1-2H3,(H,28,29)(H,30,32)/t15-,18-. The van der Waals surface area contributed by atoms with Gasteiger partial charge in [0.25, 0.3) is 5.91 Å². The minimum atomic E-state index is -4.52. The molecule has 1 heterocycles. The van der Waals surface area contributed by atoms with E-state index < -0.39 is 17.6 Å². The molecule has 0 spiro atoms. The Morgan fingerprint density at radius 1 is 1.16 bits per heavy atom. The summed E-state index contributed by atoms with van der Waals surface area (Å²) < 4.78 is 38.8. The Morgan fingerprint density at radius 3 is 2.47 bits per heavy atom. The van der Waals surface area contributed by atoms with Crippen molar-refractivity contribution in [2.75, 3.05) is 26.0 Å². The molecule has 1 amide bonds. The summed E-state index contributed by atoms with van der Waals surface area (Å²) in [7, 11) is 4.03. The van der Waals surface area contributed by atoms with Crippen LogP contribution in [0.5, 0.6) is 0 Å². The molecule has 0 radical (unpaired) electrons. The summed E-state index contributed by atoms with van der Waals surface area (Å²) in [5, 5.41) is 6.22. The molecule has 1 aliphatic rings. The van der Waals surface area contributed by atoms with Gasteiger partial charge in [-0.1, -0.05) is 17.7 Å². The van der Waals surface area contributed by atoms with Crippen LogP contribution in [0, 0.1) is 5.92 Å². The summed E-state index contributed by atoms with van der Waals surface area (Å²) in [4.78, 5) is 19.0. The van der Waals surface area contributed by atoms with Gasteiger partial charge in [-0.25, -0.2) is 4.98 Å². The Balaban J connectivity index is 1.46. The SMILES string of the molecule is CN(C)Cc1ccc(NC[C@H]2CC[C@H](NC(=O)c3cc(C(F)(F)F)ccc3Cl)CC2)nc1. The third-order valence-electron chi connectivity index (χ3n) is 5.62. The number of nitrogens with zero attached hydrogens (tertiary/aromatic N) is 2. The highest BCUT2D eigenvalue weighted by Crippen LogP contribution is 2.32. The van der Waals surface area contributed by atoms with Crippen molar-refractivity contribution in [2.45, 2.75) is 44.4 Å². The number of aromatic nitrogens is 1. The number of rotatable bonds is 7. The first kappa shape index (κ1) is 24.3. The van der Waals surface area contributed by atoms with Crippen molar-refractivity contribution in [1.29, 1.82) is 0 Å². The van der Waals surface area contributed by atoms with Crippen LogP contribution >= 0.6 is 11.6 Å². The summed E-state index contributed by atoms with van der Waals surface area (Å²) in [6.07, 6.45) is 0.702. The highest BCUT2D eigenvalue weighted by atomic mass is 35.5. The third kappa shape index (κ3) is 6.84. The molecule has 0 aliphatic heterocycles. The van der Waals surface area contributed by atoms with E-state index in [2.05, 4.69) is 26.6 Å². The van der Waals surface area contributed by atoms with Crippen molar-refractivity contribution in [1.82, 2.24) is 15.2 Å². The van der Waals surface area contributed by atoms with Gasteiger partial charge in [-0.3, -0.25) is 4.79 Å². The Labute approximate surface area is 191 Å². The number of hydrogen-bond donors (Lipinski definition) is 2. The van der Waals surface area contributed by atoms with E-state index in [4.69, 9.17) is 11.6 Å². The van der Waals surface area contributed by atoms with E-state index in [0.29, 0.717) is 5.92 Å². The van der Waals surface area contributed by atoms with Gasteiger partial charge in [-0.05, 0) is 75.5 Å². The van der Waals surface area contributed by atoms with Crippen molar-refractivity contribution < 1.29 is 18.0 Å². The van der Waals surface area contributed by atoms with Crippen molar-refractivity contribution in [3.63, 3.8) is 0 Å². The molecule has 5 nitrogen and oxygen atoms in total. The smallest absolute Gasteiger partial charge is 0.370 e. The summed E-state index contributed by atoms with van der Waals surface area (Å²) in [6.45, 7) is 1.63. The predicted molar refractivity (Wildman–Crippen MR) is 120 cm³/mol. The van der Waals surface area contributed by atoms with Crippen LogP contribution in [0.25, 0.3) is 0 Å². The third-order valence-corrected chi connectivity index (χ3v) is 5.95. The zero-order valence-corrected chi connectivity index (χ0v) is 18.9. The van der Waals surface area contributed by atoms with Gasteiger partial charge in [0.15, 0.2) is 0 Å². The van der Waals surface area contributed by atoms with Gasteiger partial charge in [-0.2, -0.15) is 13.2 Å². The minimum absolute atomic E-state index is 0.0116. The van der Waals surface area contributed by atoms with Gasteiger partial charge in [0.2, 0.25) is 0 Å². The molecule has 0 saturated heterocycles. The number of halogens is 4. The second-order valence-corrected chi connectivity index (χ2v) is 8.96. The van der Waals surface area contributed by atoms with E-state index in [1.807, 2.05) is 26.4 Å². The summed E-state index contributed by atoms with van der Waals surface area (Å²) >= 11 is 5.97. The van der Waals surface area contributed by atoms with Gasteiger partial charge < -0.3 is 15.5 Å². The summed E-state index contributed by atoms with van der Waals surface area (Å²) in [6, 6.07) is 6.76. The molecule has 32 heavy (non-hydrogen) atoms. The lowest BCUT2D eigenvalue weighted by atomic mass is 9.86. The zero-order chi connectivity index (χ0) is 23.3. The van der Waals surface area contributed by atoms with E-state index in [9.17, 15) is 18.0 Å². The fraction of sp³-hybridized carbons (Fsp3) is 0.478. The maximum Gasteiger partial charge on any atom is 0.416 e. The molecule has 1 aromatic carbocycles. The number of carbonyl (C=O) groups excluding carboxylic acids is 1. The molecule has 3 rings (SSSR count). The molecule has 1 aliphatic carbocycles. The molecule has 0 bridgehead atoms. The van der Waals surface area contributed by atoms with Gasteiger partial charge in [0, 0.05) is 25.3 Å². The number of alkyl halides is 3. The molecule has 2 N–H and O–H groups in total. The van der Waals surface area contributed by atoms with E-state index in [1.54, 1.807) is 0 Å². The van der Waals surface area contributed by atoms with E-state index in [1.165, 1.54) is 0 Å². The molecular weight excluding hydrogens is 441 g/mol. The van der Waals surface area contributed by atoms with Gasteiger partial charge in [0.1, 0.15) is 5.82 Å². The fourth-order valence-electron chi connectivity index (χ4n) is 3.89. The molecule has 1 aromatic heterocycles. The van der Waals surface area contributed by atoms with Crippen LogP contribution in [0.2, 0.25) is 5.02 Å². The number of anilines is 1. The highest BCUT2D eigenvalue weighted by Gasteiger charge is 2.32. The van der Waals surface area contributed by atoms with E-state index in [0.717, 1.165) is 68.4 Å². The highest BCUT2D eigenvalue weighted by molar-refractivity contribution is 6.33. The van der Waals surface area contributed by atoms with E-state index >= 15 is 0 Å². The second-order valence-electron chi connectivity index (χ2n) is 8.55. The minimum Gasteiger partial charge on any atom is -0.370 e. The van der Waals surface area contributed by atoms with Crippen LogP contribution in [0.3, 0.4) is 0 Å². The Kier molecular flexibility index (Phi) is 8.00. The normalized spacial score (nSPS) is 19.1. The average Bonchev–Trinajstić information content (AvgIpc) is 2.73. The number of hydrogen-bond acceptors (Lipinski definition) is 4. The van der Waals surface area contributed by atoms with Gasteiger partial charge in [-0.15, -0.1) is 0 Å². The molecule has 9 heteroatoms. The van der Waals surface area contributed by atoms with Crippen LogP contribution in [0.4, 0.5) is 19.0 Å². The van der Waals surface area contributed by atoms with Crippen LogP contribution in [-0.4, -0.2) is 42.5 Å². The molecular formula is C23H28ClF3N4O. The molecule has 1 fully saturated rings. The second kappa shape index (κ2) is 10.5. The average molecular weight is 469 g/mol. The lowest BCUT2D eigenvalue weighted by Crippen LogP contribution is -2.38. The number of pyridine rings is 1. The quantitative estimate of drug-likeness (QED) is 0.585. The van der Waals surface area contributed by atoms with Crippen molar-refractivity contribution in [2.24, 2.45) is 5.92 Å². The lowest BCUT2D eigenvalue weighted by Gasteiger charge is -2.29. The Hall–Kier alpha value is -2.32. The maximum atomic E-state index is 12.9. The number of carbonyl (C=O) groups is 1. The van der Waals surface area contributed by atoms with Crippen LogP contribution < -0.4 is 10.6 Å². The summed E-state index contributed by atoms with van der Waals surface area (Å²) in [5.74, 6) is 0.718. The zero-order valence-electron chi connectivity index (χ0n) is 18.2. The molecule has 174 valence electrons. The fourth-order valence-corrected chi connectivity index (χ4v) is 4.09. The maximum absolute atomic E-state index is 12.9. The Bertz CT molecular complexity index is 910. The molecule has 0 atom stereocenters. The first-order chi connectivity index (χ1) is 15.1. The molecule has 2 aromatic rings. The monoisotopic (exact) mass is 468 g/mol. The summed E-state index contributed by atoms with van der Waals surface area (Å²) in [5.41, 5.74) is 0.122. The number of nitrogens with one attached hydrogen (secondary N) is 2. The molecule has 1 saturated carbocycles.